The van der Waals surface area contributed by atoms with E-state index in [0.717, 1.165) is 29.3 Å². The number of carbonyl (C=O) groups excluding carboxylic acids is 1. The van der Waals surface area contributed by atoms with Crippen molar-refractivity contribution in [2.75, 3.05) is 33.3 Å². The van der Waals surface area contributed by atoms with Crippen molar-refractivity contribution in [1.82, 2.24) is 13.9 Å². The number of halogens is 1. The first kappa shape index (κ1) is 21.5. The van der Waals surface area contributed by atoms with Gasteiger partial charge >= 0.3 is 0 Å². The lowest BCUT2D eigenvalue weighted by Gasteiger charge is -2.36. The summed E-state index contributed by atoms with van der Waals surface area (Å²) in [6.45, 7) is 2.25. The van der Waals surface area contributed by atoms with E-state index in [9.17, 15) is 13.2 Å². The van der Waals surface area contributed by atoms with Gasteiger partial charge in [-0.25, -0.2) is 0 Å². The van der Waals surface area contributed by atoms with E-state index in [4.69, 9.17) is 4.74 Å². The summed E-state index contributed by atoms with van der Waals surface area (Å²) in [6, 6.07) is 5.64. The van der Waals surface area contributed by atoms with Crippen LogP contribution in [0.3, 0.4) is 0 Å². The lowest BCUT2D eigenvalue weighted by Crippen LogP contribution is -2.51. The summed E-state index contributed by atoms with van der Waals surface area (Å²) in [5.74, 6) is 0.272. The van der Waals surface area contributed by atoms with Gasteiger partial charge in [0.2, 0.25) is 5.91 Å². The van der Waals surface area contributed by atoms with Crippen LogP contribution in [0.25, 0.3) is 0 Å². The lowest BCUT2D eigenvalue weighted by molar-refractivity contribution is -0.126. The summed E-state index contributed by atoms with van der Waals surface area (Å²) < 4.78 is 35.1. The maximum atomic E-state index is 12.9. The number of hydrogen-bond acceptors (Lipinski definition) is 4. The van der Waals surface area contributed by atoms with Crippen molar-refractivity contribution in [2.24, 2.45) is 5.92 Å². The number of nitrogens with one attached hydrogen (secondary N) is 1. The molecule has 1 amide bonds. The largest absolute Gasteiger partial charge is 0.496 e. The van der Waals surface area contributed by atoms with Gasteiger partial charge in [-0.2, -0.15) is 17.0 Å². The summed E-state index contributed by atoms with van der Waals surface area (Å²) in [6.07, 6.45) is 4.30. The summed E-state index contributed by atoms with van der Waals surface area (Å²) in [4.78, 5) is 12.7. The average Bonchev–Trinajstić information content (AvgIpc) is 2.73. The molecule has 0 saturated carbocycles. The molecule has 0 bridgehead atoms. The van der Waals surface area contributed by atoms with Gasteiger partial charge in [-0.15, -0.1) is 0 Å². The zero-order chi connectivity index (χ0) is 20.1. The topological polar surface area (TPSA) is 79.0 Å². The molecule has 0 radical (unpaired) electrons. The molecule has 2 heterocycles. The zero-order valence-electron chi connectivity index (χ0n) is 16.2. The molecule has 1 N–H and O–H groups in total. The molecule has 2 saturated heterocycles. The summed E-state index contributed by atoms with van der Waals surface area (Å²) >= 11 is 3.43. The van der Waals surface area contributed by atoms with Gasteiger partial charge in [0, 0.05) is 42.8 Å². The highest BCUT2D eigenvalue weighted by Gasteiger charge is 2.36. The quantitative estimate of drug-likeness (QED) is 0.688. The second-order valence-corrected chi connectivity index (χ2v) is 10.2. The Morgan fingerprint density at radius 1 is 1.18 bits per heavy atom. The van der Waals surface area contributed by atoms with Gasteiger partial charge in [-0.3, -0.25) is 4.79 Å². The molecule has 28 heavy (non-hydrogen) atoms. The summed E-state index contributed by atoms with van der Waals surface area (Å²) in [5.41, 5.74) is 0.874. The highest BCUT2D eigenvalue weighted by atomic mass is 79.9. The van der Waals surface area contributed by atoms with Crippen LogP contribution in [-0.4, -0.2) is 56.2 Å². The first-order chi connectivity index (χ1) is 13.4. The summed E-state index contributed by atoms with van der Waals surface area (Å²) in [7, 11) is -1.88. The fourth-order valence-electron chi connectivity index (χ4n) is 3.84. The SMILES string of the molecule is COc1ccc(Br)cc1CNC(=O)C1CCCN(S(=O)(=O)N2CCCCC2)C1. The first-order valence-electron chi connectivity index (χ1n) is 9.77. The number of piperidine rings is 2. The van der Waals surface area contributed by atoms with Gasteiger partial charge in [0.25, 0.3) is 10.2 Å². The lowest BCUT2D eigenvalue weighted by atomic mass is 9.98. The maximum Gasteiger partial charge on any atom is 0.281 e. The average molecular weight is 474 g/mol. The van der Waals surface area contributed by atoms with E-state index in [1.165, 1.54) is 4.31 Å². The zero-order valence-corrected chi connectivity index (χ0v) is 18.6. The predicted molar refractivity (Wildman–Crippen MR) is 111 cm³/mol. The van der Waals surface area contributed by atoms with E-state index in [1.54, 1.807) is 11.4 Å². The highest BCUT2D eigenvalue weighted by molar-refractivity contribution is 9.10. The van der Waals surface area contributed by atoms with Gasteiger partial charge in [0.05, 0.1) is 13.0 Å². The van der Waals surface area contributed by atoms with Crippen LogP contribution in [0.1, 0.15) is 37.7 Å². The third kappa shape index (κ3) is 5.06. The Balaban J connectivity index is 1.61. The molecule has 1 atom stereocenters. The highest BCUT2D eigenvalue weighted by Crippen LogP contribution is 2.25. The molecule has 0 aromatic heterocycles. The molecule has 0 aliphatic carbocycles. The van der Waals surface area contributed by atoms with Crippen LogP contribution >= 0.6 is 15.9 Å². The number of ether oxygens (including phenoxy) is 1. The van der Waals surface area contributed by atoms with Gasteiger partial charge in [-0.05, 0) is 43.9 Å². The molecule has 2 aliphatic rings. The fourth-order valence-corrected chi connectivity index (χ4v) is 6.02. The fraction of sp³-hybridized carbons (Fsp3) is 0.632. The third-order valence-electron chi connectivity index (χ3n) is 5.42. The van der Waals surface area contributed by atoms with Crippen LogP contribution < -0.4 is 10.1 Å². The minimum atomic E-state index is -3.47. The van der Waals surface area contributed by atoms with E-state index < -0.39 is 10.2 Å². The second kappa shape index (κ2) is 9.56. The van der Waals surface area contributed by atoms with Crippen molar-refractivity contribution in [2.45, 2.75) is 38.6 Å². The third-order valence-corrected chi connectivity index (χ3v) is 7.91. The number of methoxy groups -OCH3 is 1. The Morgan fingerprint density at radius 2 is 1.89 bits per heavy atom. The van der Waals surface area contributed by atoms with Crippen LogP contribution in [-0.2, 0) is 21.5 Å². The van der Waals surface area contributed by atoms with Gasteiger partial charge in [0.1, 0.15) is 5.75 Å². The molecular formula is C19H28BrN3O4S. The standard InChI is InChI=1S/C19H28BrN3O4S/c1-27-18-8-7-17(20)12-16(18)13-21-19(24)15-6-5-11-23(14-15)28(25,26)22-9-3-2-4-10-22/h7-8,12,15H,2-6,9-11,13-14H2,1H3,(H,21,24). The maximum absolute atomic E-state index is 12.9. The van der Waals surface area contributed by atoms with Crippen LogP contribution in [0.15, 0.2) is 22.7 Å². The van der Waals surface area contributed by atoms with Crippen LogP contribution in [0.2, 0.25) is 0 Å². The van der Waals surface area contributed by atoms with Crippen molar-refractivity contribution < 1.29 is 17.9 Å². The Bertz CT molecular complexity index is 796. The molecule has 3 rings (SSSR count). The van der Waals surface area contributed by atoms with Gasteiger partial charge in [0.15, 0.2) is 0 Å². The van der Waals surface area contributed by atoms with Crippen molar-refractivity contribution in [3.8, 4) is 5.75 Å². The van der Waals surface area contributed by atoms with E-state index in [2.05, 4.69) is 21.2 Å². The van der Waals surface area contributed by atoms with Crippen LogP contribution in [0, 0.1) is 5.92 Å². The molecule has 156 valence electrons. The molecule has 1 aromatic rings. The first-order valence-corrected chi connectivity index (χ1v) is 12.0. The van der Waals surface area contributed by atoms with Crippen molar-refractivity contribution >= 4 is 32.0 Å². The second-order valence-electron chi connectivity index (χ2n) is 7.34. The summed E-state index contributed by atoms with van der Waals surface area (Å²) in [5, 5.41) is 2.95. The smallest absolute Gasteiger partial charge is 0.281 e. The molecule has 2 aliphatic heterocycles. The van der Waals surface area contributed by atoms with E-state index in [-0.39, 0.29) is 18.4 Å². The Kier molecular flexibility index (Phi) is 7.36. The number of rotatable bonds is 6. The minimum Gasteiger partial charge on any atom is -0.496 e. The van der Waals surface area contributed by atoms with Gasteiger partial charge in [-0.1, -0.05) is 22.4 Å². The molecule has 7 nitrogen and oxygen atoms in total. The molecule has 2 fully saturated rings. The van der Waals surface area contributed by atoms with Crippen LogP contribution in [0.5, 0.6) is 5.75 Å². The van der Waals surface area contributed by atoms with Crippen molar-refractivity contribution in [3.05, 3.63) is 28.2 Å². The predicted octanol–water partition coefficient (Wildman–Crippen LogP) is 2.52. The monoisotopic (exact) mass is 473 g/mol. The minimum absolute atomic E-state index is 0.111. The Hall–Kier alpha value is -1.16. The number of hydrogen-bond donors (Lipinski definition) is 1. The van der Waals surface area contributed by atoms with E-state index in [0.29, 0.717) is 44.8 Å². The molecular weight excluding hydrogens is 446 g/mol. The molecule has 0 spiro atoms. The molecule has 9 heteroatoms. The number of nitrogens with zero attached hydrogens (tertiary/aromatic N) is 2. The molecule has 1 unspecified atom stereocenters. The van der Waals surface area contributed by atoms with E-state index >= 15 is 0 Å². The molecule has 1 aromatic carbocycles. The van der Waals surface area contributed by atoms with Crippen LogP contribution in [0.4, 0.5) is 0 Å². The normalized spacial score (nSPS) is 22.0. The number of carbonyl (C=O) groups is 1. The van der Waals surface area contributed by atoms with Crippen molar-refractivity contribution in [1.29, 1.82) is 0 Å². The van der Waals surface area contributed by atoms with Crippen molar-refractivity contribution in [3.63, 3.8) is 0 Å². The Morgan fingerprint density at radius 3 is 2.61 bits per heavy atom. The number of benzene rings is 1. The Labute approximate surface area is 175 Å². The van der Waals surface area contributed by atoms with E-state index in [1.807, 2.05) is 18.2 Å². The van der Waals surface area contributed by atoms with Gasteiger partial charge < -0.3 is 10.1 Å². The number of amides is 1.